The second kappa shape index (κ2) is 9.68. The van der Waals surface area contributed by atoms with Gasteiger partial charge < -0.3 is 14.7 Å². The van der Waals surface area contributed by atoms with Crippen molar-refractivity contribution < 1.29 is 14.2 Å². The van der Waals surface area contributed by atoms with Gasteiger partial charge in [0, 0.05) is 29.2 Å². The number of hydrogen-bond donors (Lipinski definition) is 2. The molecule has 0 bridgehead atoms. The van der Waals surface area contributed by atoms with Crippen molar-refractivity contribution >= 4 is 41.2 Å². The van der Waals surface area contributed by atoms with Gasteiger partial charge in [0.2, 0.25) is 5.95 Å². The van der Waals surface area contributed by atoms with Gasteiger partial charge in [-0.25, -0.2) is 14.8 Å². The van der Waals surface area contributed by atoms with E-state index in [9.17, 15) is 9.50 Å². The van der Waals surface area contributed by atoms with Gasteiger partial charge in [0.1, 0.15) is 5.75 Å². The molecule has 1 aliphatic rings. The molecule has 0 amide bonds. The van der Waals surface area contributed by atoms with Crippen LogP contribution < -0.4 is 10.3 Å². The van der Waals surface area contributed by atoms with Crippen LogP contribution in [0.3, 0.4) is 0 Å². The van der Waals surface area contributed by atoms with Crippen molar-refractivity contribution in [3.05, 3.63) is 63.5 Å². The molecule has 10 heteroatoms. The second-order valence-electron chi connectivity index (χ2n) is 7.16. The summed E-state index contributed by atoms with van der Waals surface area (Å²) in [7, 11) is 0. The number of benzene rings is 2. The number of morpholine rings is 1. The monoisotopic (exact) mass is 475 g/mol. The van der Waals surface area contributed by atoms with Crippen LogP contribution in [-0.2, 0) is 4.74 Å². The number of phenols is 1. The summed E-state index contributed by atoms with van der Waals surface area (Å²) in [6, 6.07) is 8.97. The zero-order valence-electron chi connectivity index (χ0n) is 17.1. The minimum absolute atomic E-state index is 0.118. The Labute approximate surface area is 194 Å². The number of rotatable bonds is 5. The first-order valence-corrected chi connectivity index (χ1v) is 10.6. The third-order valence-corrected chi connectivity index (χ3v) is 5.61. The third-order valence-electron chi connectivity index (χ3n) is 5.01. The summed E-state index contributed by atoms with van der Waals surface area (Å²) in [6.45, 7) is 4.03. The van der Waals surface area contributed by atoms with Gasteiger partial charge in [-0.05, 0) is 36.2 Å². The second-order valence-corrected chi connectivity index (χ2v) is 7.98. The number of hydrogen-bond acceptors (Lipinski definition) is 7. The molecular formula is C22H20Cl2FN5O2. The Hall–Kier alpha value is -2.94. The van der Waals surface area contributed by atoms with Gasteiger partial charge in [-0.3, -0.25) is 0 Å². The van der Waals surface area contributed by atoms with Crippen LogP contribution in [0.25, 0.3) is 11.1 Å². The van der Waals surface area contributed by atoms with Crippen molar-refractivity contribution in [3.8, 4) is 16.9 Å². The van der Waals surface area contributed by atoms with Gasteiger partial charge in [0.25, 0.3) is 0 Å². The lowest BCUT2D eigenvalue weighted by atomic mass is 9.98. The first-order valence-electron chi connectivity index (χ1n) is 9.86. The minimum Gasteiger partial charge on any atom is -0.506 e. The predicted octanol–water partition coefficient (Wildman–Crippen LogP) is 4.89. The van der Waals surface area contributed by atoms with Crippen LogP contribution in [0.4, 0.5) is 16.2 Å². The molecule has 0 unspecified atom stereocenters. The van der Waals surface area contributed by atoms with Gasteiger partial charge in [-0.15, -0.1) is 0 Å². The fraction of sp³-hybridized carbons (Fsp3) is 0.227. The van der Waals surface area contributed by atoms with Crippen molar-refractivity contribution in [3.63, 3.8) is 0 Å². The lowest BCUT2D eigenvalue weighted by molar-refractivity contribution is 0.122. The molecular weight excluding hydrogens is 456 g/mol. The van der Waals surface area contributed by atoms with E-state index in [4.69, 9.17) is 27.9 Å². The van der Waals surface area contributed by atoms with E-state index in [2.05, 4.69) is 20.5 Å². The Bertz CT molecular complexity index is 1150. The van der Waals surface area contributed by atoms with Gasteiger partial charge in [-0.1, -0.05) is 35.3 Å². The molecule has 0 atom stereocenters. The van der Waals surface area contributed by atoms with Crippen molar-refractivity contribution in [2.75, 3.05) is 36.6 Å². The summed E-state index contributed by atoms with van der Waals surface area (Å²) in [5.41, 5.74) is 5.57. The van der Waals surface area contributed by atoms with E-state index in [1.165, 1.54) is 6.21 Å². The number of ether oxygens (including phenoxy) is 1. The number of anilines is 2. The number of aromatic nitrogens is 2. The largest absolute Gasteiger partial charge is 0.506 e. The Morgan fingerprint density at radius 3 is 2.75 bits per heavy atom. The molecule has 0 aliphatic carbocycles. The molecule has 3 aromatic rings. The molecule has 32 heavy (non-hydrogen) atoms. The zero-order chi connectivity index (χ0) is 22.7. The summed E-state index contributed by atoms with van der Waals surface area (Å²) >= 11 is 12.6. The molecule has 2 aromatic carbocycles. The van der Waals surface area contributed by atoms with Gasteiger partial charge in [0.15, 0.2) is 11.6 Å². The van der Waals surface area contributed by atoms with Crippen LogP contribution in [0.5, 0.6) is 5.75 Å². The number of phenolic OH excluding ortho intramolecular Hbond substituents is 1. The zero-order valence-corrected chi connectivity index (χ0v) is 18.7. The summed E-state index contributed by atoms with van der Waals surface area (Å²) in [6.07, 6.45) is 2.48. The Morgan fingerprint density at radius 1 is 1.22 bits per heavy atom. The van der Waals surface area contributed by atoms with Crippen LogP contribution in [0.2, 0.25) is 10.0 Å². The van der Waals surface area contributed by atoms with E-state index in [-0.39, 0.29) is 22.5 Å². The summed E-state index contributed by atoms with van der Waals surface area (Å²) in [5, 5.41) is 15.2. The Balaban J connectivity index is 1.58. The number of aromatic hydroxyl groups is 1. The molecule has 1 aromatic heterocycles. The molecule has 2 N–H and O–H groups in total. The maximum absolute atomic E-state index is 14.2. The van der Waals surface area contributed by atoms with E-state index in [1.54, 1.807) is 23.1 Å². The highest BCUT2D eigenvalue weighted by Crippen LogP contribution is 2.37. The summed E-state index contributed by atoms with van der Waals surface area (Å²) in [5.74, 6) is -0.343. The molecule has 4 rings (SSSR count). The fourth-order valence-electron chi connectivity index (χ4n) is 3.43. The highest BCUT2D eigenvalue weighted by atomic mass is 35.5. The quantitative estimate of drug-likeness (QED) is 0.403. The SMILES string of the molecule is Cc1cccc(Cl)c1-c1cc(Cl)c(O)c(/C=N\Nc2ncc(F)c(N3CCOCC3)n2)c1. The molecule has 7 nitrogen and oxygen atoms in total. The third kappa shape index (κ3) is 4.77. The maximum Gasteiger partial charge on any atom is 0.245 e. The minimum atomic E-state index is -0.520. The van der Waals surface area contributed by atoms with Crippen molar-refractivity contribution in [2.45, 2.75) is 6.92 Å². The summed E-state index contributed by atoms with van der Waals surface area (Å²) < 4.78 is 19.5. The first kappa shape index (κ1) is 22.3. The fourth-order valence-corrected chi connectivity index (χ4v) is 3.99. The highest BCUT2D eigenvalue weighted by Gasteiger charge is 2.18. The smallest absolute Gasteiger partial charge is 0.245 e. The first-order chi connectivity index (χ1) is 15.4. The van der Waals surface area contributed by atoms with Crippen LogP contribution in [-0.4, -0.2) is 47.6 Å². The molecule has 0 saturated carbocycles. The topological polar surface area (TPSA) is 82.9 Å². The number of nitrogens with zero attached hydrogens (tertiary/aromatic N) is 4. The molecule has 0 spiro atoms. The van der Waals surface area contributed by atoms with Crippen LogP contribution in [0.15, 0.2) is 41.6 Å². The van der Waals surface area contributed by atoms with Gasteiger partial charge in [0.05, 0.1) is 30.6 Å². The van der Waals surface area contributed by atoms with Crippen molar-refractivity contribution in [1.29, 1.82) is 0 Å². The molecule has 2 heterocycles. The average molecular weight is 476 g/mol. The molecule has 1 fully saturated rings. The van der Waals surface area contributed by atoms with E-state index >= 15 is 0 Å². The average Bonchev–Trinajstić information content (AvgIpc) is 2.78. The summed E-state index contributed by atoms with van der Waals surface area (Å²) in [4.78, 5) is 9.92. The number of nitrogens with one attached hydrogen (secondary N) is 1. The van der Waals surface area contributed by atoms with Crippen molar-refractivity contribution in [1.82, 2.24) is 9.97 Å². The lowest BCUT2D eigenvalue weighted by Crippen LogP contribution is -2.37. The highest BCUT2D eigenvalue weighted by molar-refractivity contribution is 6.34. The molecule has 166 valence electrons. The van der Waals surface area contributed by atoms with Crippen molar-refractivity contribution in [2.24, 2.45) is 5.10 Å². The lowest BCUT2D eigenvalue weighted by Gasteiger charge is -2.27. The molecule has 0 radical (unpaired) electrons. The Morgan fingerprint density at radius 2 is 2.00 bits per heavy atom. The normalized spacial score (nSPS) is 14.2. The standard InChI is InChI=1S/C22H20Cl2FN5O2/c1-13-3-2-4-16(23)19(13)14-9-15(20(31)17(24)10-14)11-27-29-22-26-12-18(25)21(28-22)30-5-7-32-8-6-30/h2-4,9-12,31H,5-8H2,1H3,(H,26,28,29)/b27-11-. The van der Waals surface area contributed by atoms with E-state index in [1.807, 2.05) is 19.1 Å². The van der Waals surface area contributed by atoms with Crippen LogP contribution >= 0.6 is 23.2 Å². The molecule has 1 aliphatic heterocycles. The Kier molecular flexibility index (Phi) is 6.74. The number of aryl methyl sites for hydroxylation is 1. The van der Waals surface area contributed by atoms with E-state index < -0.39 is 5.82 Å². The van der Waals surface area contributed by atoms with E-state index in [0.29, 0.717) is 36.9 Å². The van der Waals surface area contributed by atoms with Gasteiger partial charge >= 0.3 is 0 Å². The number of halogens is 3. The predicted molar refractivity (Wildman–Crippen MR) is 125 cm³/mol. The van der Waals surface area contributed by atoms with E-state index in [0.717, 1.165) is 22.9 Å². The van der Waals surface area contributed by atoms with Gasteiger partial charge in [-0.2, -0.15) is 10.1 Å². The number of hydrazone groups is 1. The molecule has 1 saturated heterocycles. The maximum atomic E-state index is 14.2. The van der Waals surface area contributed by atoms with Crippen LogP contribution in [0, 0.1) is 12.7 Å². The van der Waals surface area contributed by atoms with Crippen LogP contribution in [0.1, 0.15) is 11.1 Å².